The van der Waals surface area contributed by atoms with Crippen LogP contribution in [0, 0.1) is 0 Å². The molecule has 136 valence electrons. The summed E-state index contributed by atoms with van der Waals surface area (Å²) >= 11 is 0.918. The third kappa shape index (κ3) is 3.60. The Kier molecular flexibility index (Phi) is 5.05. The highest BCUT2D eigenvalue weighted by Gasteiger charge is 2.24. The Morgan fingerprint density at radius 1 is 1.15 bits per heavy atom. The molecule has 1 N–H and O–H groups in total. The Balaban J connectivity index is 1.85. The quantitative estimate of drug-likeness (QED) is 0.683. The lowest BCUT2D eigenvalue weighted by molar-refractivity contribution is -0.113. The lowest BCUT2D eigenvalue weighted by Crippen LogP contribution is -2.23. The first-order chi connectivity index (χ1) is 12.4. The Morgan fingerprint density at radius 3 is 2.69 bits per heavy atom. The van der Waals surface area contributed by atoms with E-state index in [0.29, 0.717) is 22.7 Å². The number of sulfone groups is 1. The maximum atomic E-state index is 12.6. The summed E-state index contributed by atoms with van der Waals surface area (Å²) in [6.07, 6.45) is 0. The minimum Gasteiger partial charge on any atom is -0.497 e. The van der Waals surface area contributed by atoms with Crippen molar-refractivity contribution < 1.29 is 22.7 Å². The maximum absolute atomic E-state index is 12.6. The van der Waals surface area contributed by atoms with E-state index in [1.807, 2.05) is 0 Å². The summed E-state index contributed by atoms with van der Waals surface area (Å²) in [5.41, 5.74) is 1.07. The molecule has 0 aliphatic rings. The highest BCUT2D eigenvalue weighted by atomic mass is 32.2. The zero-order chi connectivity index (χ0) is 18.7. The van der Waals surface area contributed by atoms with Crippen molar-refractivity contribution in [3.63, 3.8) is 0 Å². The number of nitrogens with one attached hydrogen (secondary N) is 1. The molecule has 10 heteroatoms. The minimum absolute atomic E-state index is 0.0171. The highest BCUT2D eigenvalue weighted by molar-refractivity contribution is 7.92. The van der Waals surface area contributed by atoms with E-state index >= 15 is 0 Å². The van der Waals surface area contributed by atoms with E-state index < -0.39 is 21.5 Å². The van der Waals surface area contributed by atoms with Crippen LogP contribution in [0.5, 0.6) is 11.5 Å². The van der Waals surface area contributed by atoms with Gasteiger partial charge in [0.2, 0.25) is 5.91 Å². The van der Waals surface area contributed by atoms with Crippen molar-refractivity contribution in [2.24, 2.45) is 0 Å². The van der Waals surface area contributed by atoms with E-state index in [1.54, 1.807) is 30.3 Å². The van der Waals surface area contributed by atoms with Crippen LogP contribution in [0.4, 0.5) is 5.69 Å². The molecule has 1 aromatic heterocycles. The molecule has 0 atom stereocenters. The maximum Gasteiger partial charge on any atom is 0.240 e. The molecule has 8 nitrogen and oxygen atoms in total. The first kappa shape index (κ1) is 18.1. The van der Waals surface area contributed by atoms with Crippen molar-refractivity contribution in [1.82, 2.24) is 8.75 Å². The van der Waals surface area contributed by atoms with Crippen LogP contribution in [0.15, 0.2) is 41.3 Å². The van der Waals surface area contributed by atoms with Gasteiger partial charge in [0, 0.05) is 6.07 Å². The number of amides is 1. The summed E-state index contributed by atoms with van der Waals surface area (Å²) in [5, 5.41) is 2.55. The molecule has 1 amide bonds. The van der Waals surface area contributed by atoms with Gasteiger partial charge >= 0.3 is 0 Å². The summed E-state index contributed by atoms with van der Waals surface area (Å²) < 4.78 is 43.6. The van der Waals surface area contributed by atoms with Gasteiger partial charge in [0.15, 0.2) is 9.84 Å². The summed E-state index contributed by atoms with van der Waals surface area (Å²) in [7, 11) is -0.956. The normalized spacial score (nSPS) is 11.3. The Morgan fingerprint density at radius 2 is 1.96 bits per heavy atom. The van der Waals surface area contributed by atoms with Crippen molar-refractivity contribution in [3.8, 4) is 11.5 Å². The number of hydrogen-bond donors (Lipinski definition) is 1. The number of nitrogens with zero attached hydrogens (tertiary/aromatic N) is 2. The van der Waals surface area contributed by atoms with Crippen LogP contribution in [-0.2, 0) is 14.6 Å². The molecule has 3 aromatic rings. The molecule has 3 rings (SSSR count). The van der Waals surface area contributed by atoms with Gasteiger partial charge in [-0.1, -0.05) is 6.07 Å². The van der Waals surface area contributed by atoms with Crippen LogP contribution in [-0.4, -0.2) is 43.0 Å². The van der Waals surface area contributed by atoms with E-state index in [2.05, 4.69) is 14.1 Å². The lowest BCUT2D eigenvalue weighted by atomic mass is 10.2. The molecular formula is C16H15N3O5S2. The van der Waals surface area contributed by atoms with Gasteiger partial charge < -0.3 is 14.8 Å². The van der Waals surface area contributed by atoms with Crippen LogP contribution in [0.3, 0.4) is 0 Å². The molecule has 0 aliphatic carbocycles. The molecule has 2 aromatic carbocycles. The van der Waals surface area contributed by atoms with Crippen LogP contribution >= 0.6 is 11.7 Å². The number of carbonyl (C=O) groups excluding carboxylic acids is 1. The molecule has 0 saturated carbocycles. The summed E-state index contributed by atoms with van der Waals surface area (Å²) in [6, 6.07) is 9.48. The fourth-order valence-corrected chi connectivity index (χ4v) is 4.29. The van der Waals surface area contributed by atoms with Gasteiger partial charge in [0.05, 0.1) is 36.5 Å². The summed E-state index contributed by atoms with van der Waals surface area (Å²) in [6.45, 7) is 0. The monoisotopic (exact) mass is 393 g/mol. The number of aromatic nitrogens is 2. The number of carbonyl (C=O) groups is 1. The predicted molar refractivity (Wildman–Crippen MR) is 97.6 cm³/mol. The van der Waals surface area contributed by atoms with Crippen LogP contribution < -0.4 is 14.8 Å². The first-order valence-electron chi connectivity index (χ1n) is 7.40. The van der Waals surface area contributed by atoms with Gasteiger partial charge in [-0.3, -0.25) is 4.79 Å². The zero-order valence-electron chi connectivity index (χ0n) is 13.9. The first-order valence-corrected chi connectivity index (χ1v) is 9.79. The molecule has 0 bridgehead atoms. The van der Waals surface area contributed by atoms with Crippen LogP contribution in [0.25, 0.3) is 11.0 Å². The SMILES string of the molecule is COc1ccc(OC)c(NC(=O)CS(=O)(=O)c2cccc3nsnc23)c1. The molecule has 0 radical (unpaired) electrons. The van der Waals surface area contributed by atoms with E-state index in [4.69, 9.17) is 9.47 Å². The van der Waals surface area contributed by atoms with E-state index in [9.17, 15) is 13.2 Å². The van der Waals surface area contributed by atoms with Crippen molar-refractivity contribution in [3.05, 3.63) is 36.4 Å². The molecule has 1 heterocycles. The standard InChI is InChI=1S/C16H15N3O5S2/c1-23-10-6-7-13(24-2)12(8-10)17-15(20)9-26(21,22)14-5-3-4-11-16(14)19-25-18-11/h3-8H,9H2,1-2H3,(H,17,20). The number of hydrogen-bond acceptors (Lipinski definition) is 8. The van der Waals surface area contributed by atoms with Gasteiger partial charge in [0.1, 0.15) is 28.3 Å². The fourth-order valence-electron chi connectivity index (χ4n) is 2.38. The van der Waals surface area contributed by atoms with Crippen LogP contribution in [0.1, 0.15) is 0 Å². The number of methoxy groups -OCH3 is 2. The Hall–Kier alpha value is -2.72. The zero-order valence-corrected chi connectivity index (χ0v) is 15.6. The number of fused-ring (bicyclic) bond motifs is 1. The molecule has 0 spiro atoms. The van der Waals surface area contributed by atoms with Gasteiger partial charge in [0.25, 0.3) is 0 Å². The molecular weight excluding hydrogens is 378 g/mol. The lowest BCUT2D eigenvalue weighted by Gasteiger charge is -2.12. The molecule has 0 saturated heterocycles. The number of benzene rings is 2. The number of ether oxygens (including phenoxy) is 2. The van der Waals surface area contributed by atoms with Gasteiger partial charge in [-0.25, -0.2) is 8.42 Å². The van der Waals surface area contributed by atoms with Crippen molar-refractivity contribution in [2.75, 3.05) is 25.3 Å². The molecule has 0 fully saturated rings. The van der Waals surface area contributed by atoms with E-state index in [-0.39, 0.29) is 10.4 Å². The highest BCUT2D eigenvalue weighted by Crippen LogP contribution is 2.29. The summed E-state index contributed by atoms with van der Waals surface area (Å²) in [5.74, 6) is -0.536. The molecule has 26 heavy (non-hydrogen) atoms. The second-order valence-corrected chi connectivity index (χ2v) is 7.75. The molecule has 0 unspecified atom stereocenters. The second-order valence-electron chi connectivity index (χ2n) is 5.26. The fraction of sp³-hybridized carbons (Fsp3) is 0.188. The Bertz CT molecular complexity index is 1060. The third-order valence-corrected chi connectivity index (χ3v) is 5.77. The van der Waals surface area contributed by atoms with Gasteiger partial charge in [-0.2, -0.15) is 8.75 Å². The number of anilines is 1. The Labute approximate surface area is 154 Å². The molecule has 0 aliphatic heterocycles. The van der Waals surface area contributed by atoms with Crippen LogP contribution in [0.2, 0.25) is 0 Å². The summed E-state index contributed by atoms with van der Waals surface area (Å²) in [4.78, 5) is 12.3. The smallest absolute Gasteiger partial charge is 0.240 e. The third-order valence-electron chi connectivity index (χ3n) is 3.59. The average molecular weight is 393 g/mol. The predicted octanol–water partition coefficient (Wildman–Crippen LogP) is 2.12. The minimum atomic E-state index is -3.89. The van der Waals surface area contributed by atoms with Gasteiger partial charge in [-0.05, 0) is 24.3 Å². The van der Waals surface area contributed by atoms with Crippen molar-refractivity contribution in [1.29, 1.82) is 0 Å². The van der Waals surface area contributed by atoms with Gasteiger partial charge in [-0.15, -0.1) is 0 Å². The van der Waals surface area contributed by atoms with Crippen molar-refractivity contribution >= 4 is 44.2 Å². The number of rotatable bonds is 6. The van der Waals surface area contributed by atoms with E-state index in [1.165, 1.54) is 20.3 Å². The topological polar surface area (TPSA) is 107 Å². The van der Waals surface area contributed by atoms with E-state index in [0.717, 1.165) is 11.7 Å². The average Bonchev–Trinajstić information content (AvgIpc) is 3.09. The largest absolute Gasteiger partial charge is 0.497 e. The van der Waals surface area contributed by atoms with Crippen molar-refractivity contribution in [2.45, 2.75) is 4.90 Å². The second kappa shape index (κ2) is 7.26.